The monoisotopic (exact) mass is 133 g/mol. The van der Waals surface area contributed by atoms with Crippen LogP contribution in [0.15, 0.2) is 12.4 Å². The van der Waals surface area contributed by atoms with Crippen molar-refractivity contribution in [2.24, 2.45) is 0 Å². The topological polar surface area (TPSA) is 12.9 Å². The van der Waals surface area contributed by atoms with Gasteiger partial charge in [0.25, 0.3) is 0 Å². The van der Waals surface area contributed by atoms with E-state index in [0.717, 1.165) is 5.56 Å². The zero-order valence-corrected chi connectivity index (χ0v) is 6.60. The molecule has 0 saturated carbocycles. The maximum absolute atomic E-state index is 3.85. The first-order valence-corrected chi connectivity index (χ1v) is 3.34. The number of hydrogen-bond acceptors (Lipinski definition) is 1. The first kappa shape index (κ1) is 7.26. The summed E-state index contributed by atoms with van der Waals surface area (Å²) in [5, 5.41) is 0. The Kier molecular flexibility index (Phi) is 1.75. The molecule has 0 bridgehead atoms. The van der Waals surface area contributed by atoms with Crippen molar-refractivity contribution < 1.29 is 0 Å². The molecule has 2 radical (unpaired) electrons. The highest BCUT2D eigenvalue weighted by Gasteiger charge is 2.12. The molecule has 0 fully saturated rings. The average molecular weight is 133 g/mol. The number of hydrogen-bond donors (Lipinski definition) is 0. The first-order chi connectivity index (χ1) is 4.61. The zero-order valence-electron chi connectivity index (χ0n) is 6.60. The van der Waals surface area contributed by atoms with Crippen LogP contribution >= 0.6 is 0 Å². The van der Waals surface area contributed by atoms with Gasteiger partial charge in [-0.3, -0.25) is 4.98 Å². The molecule has 0 aliphatic heterocycles. The second-order valence-electron chi connectivity index (χ2n) is 3.32. The largest absolute Gasteiger partial charge is 0.263 e. The third-order valence-corrected chi connectivity index (χ3v) is 1.32. The van der Waals surface area contributed by atoms with Crippen LogP contribution in [0.5, 0.6) is 0 Å². The van der Waals surface area contributed by atoms with Gasteiger partial charge in [-0.15, -0.1) is 0 Å². The SMILES string of the molecule is CC(C)(C)c1[c]cnc[c]1. The minimum absolute atomic E-state index is 0.142. The lowest BCUT2D eigenvalue weighted by molar-refractivity contribution is 0.587. The van der Waals surface area contributed by atoms with Gasteiger partial charge in [-0.05, 0) is 11.0 Å². The smallest absolute Gasteiger partial charge is 0.0350 e. The molecule has 1 heterocycles. The summed E-state index contributed by atoms with van der Waals surface area (Å²) >= 11 is 0. The van der Waals surface area contributed by atoms with E-state index in [9.17, 15) is 0 Å². The maximum atomic E-state index is 3.85. The highest BCUT2D eigenvalue weighted by Crippen LogP contribution is 2.19. The summed E-state index contributed by atoms with van der Waals surface area (Å²) in [4.78, 5) is 3.85. The molecule has 0 spiro atoms. The summed E-state index contributed by atoms with van der Waals surface area (Å²) in [6.07, 6.45) is 3.36. The molecule has 1 nitrogen and oxygen atoms in total. The van der Waals surface area contributed by atoms with Crippen LogP contribution in [-0.2, 0) is 5.41 Å². The quantitative estimate of drug-likeness (QED) is 0.527. The molecule has 0 N–H and O–H groups in total. The normalized spacial score (nSPS) is 11.5. The molecule has 0 amide bonds. The molecule has 1 aromatic rings. The van der Waals surface area contributed by atoms with Gasteiger partial charge in [0, 0.05) is 24.5 Å². The second kappa shape index (κ2) is 2.41. The Bertz CT molecular complexity index is 196. The van der Waals surface area contributed by atoms with Gasteiger partial charge in [0.05, 0.1) is 0 Å². The Hall–Kier alpha value is -0.850. The minimum atomic E-state index is 0.142. The molecule has 0 saturated heterocycles. The lowest BCUT2D eigenvalue weighted by Crippen LogP contribution is -2.10. The van der Waals surface area contributed by atoms with E-state index in [0.29, 0.717) is 0 Å². The third-order valence-electron chi connectivity index (χ3n) is 1.32. The van der Waals surface area contributed by atoms with Crippen molar-refractivity contribution in [2.45, 2.75) is 26.2 Å². The predicted octanol–water partition coefficient (Wildman–Crippen LogP) is 1.98. The molecule has 10 heavy (non-hydrogen) atoms. The van der Waals surface area contributed by atoms with Crippen molar-refractivity contribution in [1.82, 2.24) is 4.98 Å². The summed E-state index contributed by atoms with van der Waals surface area (Å²) in [6, 6.07) is 6.08. The summed E-state index contributed by atoms with van der Waals surface area (Å²) in [5.41, 5.74) is 1.23. The van der Waals surface area contributed by atoms with E-state index in [1.165, 1.54) is 0 Å². The van der Waals surface area contributed by atoms with Gasteiger partial charge in [-0.2, -0.15) is 0 Å². The van der Waals surface area contributed by atoms with Gasteiger partial charge in [0.1, 0.15) is 0 Å². The van der Waals surface area contributed by atoms with E-state index < -0.39 is 0 Å². The molecule has 0 aliphatic carbocycles. The fraction of sp³-hybridized carbons (Fsp3) is 0.444. The summed E-state index contributed by atoms with van der Waals surface area (Å²) < 4.78 is 0. The predicted molar refractivity (Wildman–Crippen MR) is 40.6 cm³/mol. The molecule has 1 heteroatoms. The van der Waals surface area contributed by atoms with E-state index in [-0.39, 0.29) is 5.41 Å². The lowest BCUT2D eigenvalue weighted by Gasteiger charge is -2.16. The summed E-state index contributed by atoms with van der Waals surface area (Å²) in [7, 11) is 0. The molecule has 1 rings (SSSR count). The first-order valence-electron chi connectivity index (χ1n) is 3.34. The van der Waals surface area contributed by atoms with Crippen molar-refractivity contribution in [3.63, 3.8) is 0 Å². The number of aromatic nitrogens is 1. The third kappa shape index (κ3) is 1.56. The Labute approximate surface area is 62.1 Å². The molecule has 52 valence electrons. The van der Waals surface area contributed by atoms with Crippen LogP contribution in [0.25, 0.3) is 0 Å². The molecule has 0 atom stereocenters. The summed E-state index contributed by atoms with van der Waals surface area (Å²) in [5.74, 6) is 0. The Morgan fingerprint density at radius 2 is 1.70 bits per heavy atom. The molecule has 0 unspecified atom stereocenters. The van der Waals surface area contributed by atoms with Crippen LogP contribution in [0, 0.1) is 12.1 Å². The fourth-order valence-electron chi connectivity index (χ4n) is 0.716. The average Bonchev–Trinajstić information content (AvgIpc) is 1.88. The van der Waals surface area contributed by atoms with E-state index in [1.807, 2.05) is 0 Å². The van der Waals surface area contributed by atoms with Crippen molar-refractivity contribution in [2.75, 3.05) is 0 Å². The summed E-state index contributed by atoms with van der Waals surface area (Å²) in [6.45, 7) is 6.40. The van der Waals surface area contributed by atoms with Crippen LogP contribution < -0.4 is 0 Å². The Morgan fingerprint density at radius 3 is 2.00 bits per heavy atom. The van der Waals surface area contributed by atoms with Crippen LogP contribution in [0.2, 0.25) is 0 Å². The van der Waals surface area contributed by atoms with Crippen LogP contribution in [-0.4, -0.2) is 4.98 Å². The van der Waals surface area contributed by atoms with Gasteiger partial charge in [-0.1, -0.05) is 20.8 Å². The highest BCUT2D eigenvalue weighted by molar-refractivity contribution is 5.15. The van der Waals surface area contributed by atoms with E-state index >= 15 is 0 Å². The van der Waals surface area contributed by atoms with Crippen molar-refractivity contribution >= 4 is 0 Å². The van der Waals surface area contributed by atoms with E-state index in [2.05, 4.69) is 37.9 Å². The second-order valence-corrected chi connectivity index (χ2v) is 3.32. The maximum Gasteiger partial charge on any atom is 0.0350 e. The van der Waals surface area contributed by atoms with Gasteiger partial charge in [0.2, 0.25) is 0 Å². The van der Waals surface area contributed by atoms with E-state index in [1.54, 1.807) is 12.4 Å². The van der Waals surface area contributed by atoms with Gasteiger partial charge in [0.15, 0.2) is 0 Å². The molecular weight excluding hydrogens is 122 g/mol. The number of nitrogens with zero attached hydrogens (tertiary/aromatic N) is 1. The van der Waals surface area contributed by atoms with E-state index in [4.69, 9.17) is 0 Å². The standard InChI is InChI=1S/C9H11N/c1-9(2,3)8-4-6-10-7-5-8/h6-7H,1-3H3. The van der Waals surface area contributed by atoms with Crippen molar-refractivity contribution in [3.05, 3.63) is 30.1 Å². The minimum Gasteiger partial charge on any atom is -0.263 e. The van der Waals surface area contributed by atoms with Gasteiger partial charge in [-0.25, -0.2) is 0 Å². The number of pyridine rings is 1. The highest BCUT2D eigenvalue weighted by atomic mass is 14.6. The lowest BCUT2D eigenvalue weighted by atomic mass is 9.88. The van der Waals surface area contributed by atoms with Crippen LogP contribution in [0.3, 0.4) is 0 Å². The fourth-order valence-corrected chi connectivity index (χ4v) is 0.716. The molecule has 0 aliphatic rings. The molecular formula is C9H11N. The van der Waals surface area contributed by atoms with Crippen molar-refractivity contribution in [1.29, 1.82) is 0 Å². The van der Waals surface area contributed by atoms with Crippen LogP contribution in [0.4, 0.5) is 0 Å². The van der Waals surface area contributed by atoms with Gasteiger partial charge >= 0.3 is 0 Å². The Morgan fingerprint density at radius 1 is 1.20 bits per heavy atom. The molecule has 0 aromatic carbocycles. The zero-order chi connectivity index (χ0) is 7.61. The van der Waals surface area contributed by atoms with Crippen molar-refractivity contribution in [3.8, 4) is 0 Å². The Balaban J connectivity index is 2.97. The van der Waals surface area contributed by atoms with Gasteiger partial charge < -0.3 is 0 Å². The molecule has 1 aromatic heterocycles. The number of rotatable bonds is 0. The van der Waals surface area contributed by atoms with Crippen LogP contribution in [0.1, 0.15) is 26.3 Å².